The molecule has 10 heteroatoms. The third kappa shape index (κ3) is 6.60. The van der Waals surface area contributed by atoms with Gasteiger partial charge in [0.2, 0.25) is 0 Å². The van der Waals surface area contributed by atoms with Crippen LogP contribution in [0.2, 0.25) is 19.6 Å². The monoisotopic (exact) mass is 338 g/mol. The second-order valence-electron chi connectivity index (χ2n) is 4.20. The maximum Gasteiger partial charge on any atom is 0.685 e. The first kappa shape index (κ1) is 16.7. The summed E-state index contributed by atoms with van der Waals surface area (Å²) in [5.74, 6) is 0. The van der Waals surface area contributed by atoms with E-state index in [0.717, 1.165) is 5.19 Å². The summed E-state index contributed by atoms with van der Waals surface area (Å²) in [6.07, 6.45) is 0. The average molecular weight is 338 g/mol. The van der Waals surface area contributed by atoms with Gasteiger partial charge >= 0.3 is 25.1 Å². The zero-order valence-corrected chi connectivity index (χ0v) is 14.8. The van der Waals surface area contributed by atoms with Crippen LogP contribution in [-0.4, -0.2) is 22.5 Å². The highest BCUT2D eigenvalue weighted by Crippen LogP contribution is 2.34. The molecule has 0 aromatic heterocycles. The molecule has 104 valence electrons. The molecular weight excluding hydrogens is 322 g/mol. The summed E-state index contributed by atoms with van der Waals surface area (Å²) < 4.78 is 37.6. The molecular formula is C9H16O6P2Si2+2. The van der Waals surface area contributed by atoms with Crippen LogP contribution >= 0.6 is 16.5 Å². The van der Waals surface area contributed by atoms with Crippen LogP contribution in [0.5, 0.6) is 0 Å². The Morgan fingerprint density at radius 2 is 1.74 bits per heavy atom. The third-order valence-electron chi connectivity index (χ3n) is 2.11. The largest absolute Gasteiger partial charge is 0.685 e. The normalized spacial score (nSPS) is 14.9. The molecule has 0 saturated carbocycles. The fraction of sp³-hybridized carbons (Fsp3) is 0.333. The number of benzene rings is 1. The number of hydrogen-bond acceptors (Lipinski definition) is 5. The van der Waals surface area contributed by atoms with Crippen LogP contribution in [-0.2, 0) is 21.8 Å². The van der Waals surface area contributed by atoms with Crippen LogP contribution in [0.1, 0.15) is 0 Å². The molecule has 19 heavy (non-hydrogen) atoms. The van der Waals surface area contributed by atoms with E-state index in [1.165, 1.54) is 13.1 Å². The smallest absolute Gasteiger partial charge is 0.175 e. The van der Waals surface area contributed by atoms with E-state index in [0.29, 0.717) is 0 Å². The maximum absolute atomic E-state index is 11.7. The Kier molecular flexibility index (Phi) is 6.58. The van der Waals surface area contributed by atoms with Crippen molar-refractivity contribution in [2.24, 2.45) is 0 Å². The van der Waals surface area contributed by atoms with Crippen molar-refractivity contribution >= 4 is 39.3 Å². The van der Waals surface area contributed by atoms with Gasteiger partial charge in [0.25, 0.3) is 9.04 Å². The summed E-state index contributed by atoms with van der Waals surface area (Å²) in [5, 5.41) is 1.00. The molecule has 3 unspecified atom stereocenters. The van der Waals surface area contributed by atoms with Crippen LogP contribution < -0.4 is 5.19 Å². The minimum absolute atomic E-state index is 1.00. The molecule has 0 radical (unpaired) electrons. The Labute approximate surface area is 116 Å². The Balaban J connectivity index is 2.54. The molecule has 0 aliphatic rings. The second kappa shape index (κ2) is 7.47. The summed E-state index contributed by atoms with van der Waals surface area (Å²) in [6.45, 7) is 4.94. The van der Waals surface area contributed by atoms with Gasteiger partial charge in [0.05, 0.1) is 0 Å². The highest BCUT2D eigenvalue weighted by Gasteiger charge is 2.47. The van der Waals surface area contributed by atoms with E-state index in [1.807, 2.05) is 36.9 Å². The van der Waals surface area contributed by atoms with Crippen molar-refractivity contribution in [1.29, 1.82) is 0 Å². The van der Waals surface area contributed by atoms with Crippen molar-refractivity contribution in [1.82, 2.24) is 0 Å². The average Bonchev–Trinajstić information content (AvgIpc) is 2.27. The minimum Gasteiger partial charge on any atom is -0.175 e. The Bertz CT molecular complexity index is 455. The molecule has 1 aromatic carbocycles. The Morgan fingerprint density at radius 3 is 2.26 bits per heavy atom. The SMILES string of the molecule is C[SiH](O[P+](=O)O[Si](C)(C)O[P+](=O)O)c1ccccc1. The first-order chi connectivity index (χ1) is 8.80. The second-order valence-corrected chi connectivity index (χ2v) is 12.2. The van der Waals surface area contributed by atoms with Crippen LogP contribution in [0, 0.1) is 0 Å². The predicted molar refractivity (Wildman–Crippen MR) is 77.3 cm³/mol. The molecule has 0 spiro atoms. The number of rotatable bonds is 7. The summed E-state index contributed by atoms with van der Waals surface area (Å²) >= 11 is 0. The van der Waals surface area contributed by atoms with E-state index in [-0.39, 0.29) is 0 Å². The van der Waals surface area contributed by atoms with Crippen molar-refractivity contribution in [3.8, 4) is 0 Å². The lowest BCUT2D eigenvalue weighted by Gasteiger charge is -2.06. The van der Waals surface area contributed by atoms with Gasteiger partial charge in [-0.05, 0) is 24.8 Å². The highest BCUT2D eigenvalue weighted by molar-refractivity contribution is 7.39. The van der Waals surface area contributed by atoms with Crippen LogP contribution in [0.25, 0.3) is 0 Å². The molecule has 0 aliphatic carbocycles. The standard InChI is InChI=1S/C9H15O6P2Si2/c1-18(9-7-5-4-6-8-9)13-17(12)15-19(2,3)14-16(10)11/h4-8,18H,1-3H3/q+1/p+1. The van der Waals surface area contributed by atoms with E-state index >= 15 is 0 Å². The fourth-order valence-electron chi connectivity index (χ4n) is 1.32. The minimum atomic E-state index is -2.92. The zero-order chi connectivity index (χ0) is 14.5. The first-order valence-electron chi connectivity index (χ1n) is 5.53. The zero-order valence-electron chi connectivity index (χ0n) is 10.8. The van der Waals surface area contributed by atoms with Crippen LogP contribution in [0.15, 0.2) is 30.3 Å². The molecule has 1 N–H and O–H groups in total. The molecule has 3 atom stereocenters. The van der Waals surface area contributed by atoms with Gasteiger partial charge in [0.15, 0.2) is 0 Å². The van der Waals surface area contributed by atoms with Crippen molar-refractivity contribution in [2.45, 2.75) is 19.6 Å². The van der Waals surface area contributed by atoms with Crippen molar-refractivity contribution in [2.75, 3.05) is 0 Å². The van der Waals surface area contributed by atoms with Crippen LogP contribution in [0.3, 0.4) is 0 Å². The first-order valence-corrected chi connectivity index (χ1v) is 12.8. The molecule has 0 saturated heterocycles. The number of hydrogen-bond donors (Lipinski definition) is 1. The molecule has 0 fully saturated rings. The van der Waals surface area contributed by atoms with Gasteiger partial charge in [-0.3, -0.25) is 0 Å². The quantitative estimate of drug-likeness (QED) is 0.607. The lowest BCUT2D eigenvalue weighted by molar-refractivity contribution is 0.339. The van der Waals surface area contributed by atoms with Gasteiger partial charge in [0, 0.05) is 9.13 Å². The molecule has 0 aliphatic heterocycles. The van der Waals surface area contributed by atoms with E-state index in [1.54, 1.807) is 0 Å². The van der Waals surface area contributed by atoms with Gasteiger partial charge in [0.1, 0.15) is 0 Å². The highest BCUT2D eigenvalue weighted by atomic mass is 31.1. The van der Waals surface area contributed by atoms with Gasteiger partial charge in [-0.25, -0.2) is 0 Å². The van der Waals surface area contributed by atoms with Gasteiger partial charge in [-0.1, -0.05) is 30.3 Å². The summed E-state index contributed by atoms with van der Waals surface area (Å²) in [4.78, 5) is 8.68. The van der Waals surface area contributed by atoms with E-state index in [2.05, 4.69) is 0 Å². The summed E-state index contributed by atoms with van der Waals surface area (Å²) in [7, 11) is -9.86. The summed E-state index contributed by atoms with van der Waals surface area (Å²) in [5.41, 5.74) is 0. The molecule has 0 amide bonds. The molecule has 1 aromatic rings. The van der Waals surface area contributed by atoms with Gasteiger partial charge in [-0.2, -0.15) is 4.21 Å². The fourth-order valence-corrected chi connectivity index (χ4v) is 7.54. The Morgan fingerprint density at radius 1 is 1.16 bits per heavy atom. The molecule has 0 bridgehead atoms. The Hall–Kier alpha value is -0.306. The van der Waals surface area contributed by atoms with Crippen LogP contribution in [0.4, 0.5) is 0 Å². The van der Waals surface area contributed by atoms with E-state index < -0.39 is 34.1 Å². The van der Waals surface area contributed by atoms with Crippen molar-refractivity contribution in [3.63, 3.8) is 0 Å². The predicted octanol–water partition coefficient (Wildman–Crippen LogP) is 2.31. The molecule has 0 heterocycles. The van der Waals surface area contributed by atoms with Gasteiger partial charge < -0.3 is 0 Å². The van der Waals surface area contributed by atoms with E-state index in [9.17, 15) is 9.13 Å². The van der Waals surface area contributed by atoms with Gasteiger partial charge in [-0.15, -0.1) is 13.3 Å². The topological polar surface area (TPSA) is 82.1 Å². The lowest BCUT2D eigenvalue weighted by Crippen LogP contribution is -2.32. The molecule has 6 nitrogen and oxygen atoms in total. The molecule has 1 rings (SSSR count). The van der Waals surface area contributed by atoms with Crippen molar-refractivity contribution < 1.29 is 26.7 Å². The lowest BCUT2D eigenvalue weighted by atomic mass is 10.4. The third-order valence-corrected chi connectivity index (χ3v) is 10.1. The summed E-state index contributed by atoms with van der Waals surface area (Å²) in [6, 6.07) is 9.47. The van der Waals surface area contributed by atoms with E-state index in [4.69, 9.17) is 17.5 Å². The van der Waals surface area contributed by atoms with Crippen molar-refractivity contribution in [3.05, 3.63) is 30.3 Å². The maximum atomic E-state index is 11.7.